The van der Waals surface area contributed by atoms with Crippen molar-refractivity contribution in [3.05, 3.63) is 70.8 Å². The minimum Gasteiger partial charge on any atom is -0.302 e. The van der Waals surface area contributed by atoms with Crippen molar-refractivity contribution in [3.63, 3.8) is 0 Å². The first-order valence-electron chi connectivity index (χ1n) is 11.0. The van der Waals surface area contributed by atoms with Gasteiger partial charge in [-0.25, -0.2) is 0 Å². The SMILES string of the molecule is CN(Cc1ccccc1C(F)(F)F)CC1CC(c2ccc(CN3CCCC3)cc2)C1. The summed E-state index contributed by atoms with van der Waals surface area (Å²) in [4.78, 5) is 4.55. The van der Waals surface area contributed by atoms with Crippen LogP contribution in [0.5, 0.6) is 0 Å². The van der Waals surface area contributed by atoms with E-state index in [9.17, 15) is 13.2 Å². The van der Waals surface area contributed by atoms with Crippen LogP contribution in [0.2, 0.25) is 0 Å². The fourth-order valence-corrected chi connectivity index (χ4v) is 4.98. The quantitative estimate of drug-likeness (QED) is 0.552. The van der Waals surface area contributed by atoms with Crippen molar-refractivity contribution in [2.45, 2.75) is 50.9 Å². The smallest absolute Gasteiger partial charge is 0.302 e. The van der Waals surface area contributed by atoms with Crippen molar-refractivity contribution in [2.24, 2.45) is 5.92 Å². The minimum absolute atomic E-state index is 0.335. The van der Waals surface area contributed by atoms with Crippen molar-refractivity contribution >= 4 is 0 Å². The van der Waals surface area contributed by atoms with Gasteiger partial charge in [0.25, 0.3) is 0 Å². The molecule has 0 aromatic heterocycles. The van der Waals surface area contributed by atoms with E-state index in [1.54, 1.807) is 12.1 Å². The van der Waals surface area contributed by atoms with Crippen LogP contribution >= 0.6 is 0 Å². The fraction of sp³-hybridized carbons (Fsp3) is 0.520. The van der Waals surface area contributed by atoms with E-state index in [0.717, 1.165) is 25.9 Å². The highest BCUT2D eigenvalue weighted by molar-refractivity contribution is 5.30. The molecular formula is C25H31F3N2. The Morgan fingerprint density at radius 1 is 0.967 bits per heavy atom. The van der Waals surface area contributed by atoms with E-state index in [4.69, 9.17) is 0 Å². The third kappa shape index (κ3) is 5.25. The van der Waals surface area contributed by atoms with Gasteiger partial charge in [-0.3, -0.25) is 4.90 Å². The molecule has 2 aromatic carbocycles. The van der Waals surface area contributed by atoms with Gasteiger partial charge in [0.2, 0.25) is 0 Å². The third-order valence-corrected chi connectivity index (χ3v) is 6.62. The first-order valence-corrected chi connectivity index (χ1v) is 11.0. The first kappa shape index (κ1) is 21.4. The molecule has 4 rings (SSSR count). The summed E-state index contributed by atoms with van der Waals surface area (Å²) in [6.07, 6.45) is 0.586. The normalized spacial score (nSPS) is 22.4. The molecule has 1 heterocycles. The van der Waals surface area contributed by atoms with E-state index in [0.29, 0.717) is 23.9 Å². The van der Waals surface area contributed by atoms with Crippen LogP contribution in [-0.4, -0.2) is 36.5 Å². The molecule has 162 valence electrons. The molecule has 0 unspecified atom stereocenters. The number of rotatable bonds is 7. The van der Waals surface area contributed by atoms with Crippen LogP contribution in [0.1, 0.15) is 53.9 Å². The highest BCUT2D eigenvalue weighted by Gasteiger charge is 2.34. The number of nitrogens with zero attached hydrogens (tertiary/aromatic N) is 2. The molecule has 30 heavy (non-hydrogen) atoms. The summed E-state index contributed by atoms with van der Waals surface area (Å²) < 4.78 is 39.6. The average Bonchev–Trinajstić information content (AvgIpc) is 3.18. The predicted molar refractivity (Wildman–Crippen MR) is 114 cm³/mol. The summed E-state index contributed by atoms with van der Waals surface area (Å²) in [6, 6.07) is 15.0. The summed E-state index contributed by atoms with van der Waals surface area (Å²) in [5.41, 5.74) is 2.63. The molecule has 0 amide bonds. The summed E-state index contributed by atoms with van der Waals surface area (Å²) in [5, 5.41) is 0. The van der Waals surface area contributed by atoms with Crippen molar-refractivity contribution in [2.75, 3.05) is 26.7 Å². The van der Waals surface area contributed by atoms with E-state index in [2.05, 4.69) is 29.2 Å². The summed E-state index contributed by atoms with van der Waals surface area (Å²) in [7, 11) is 1.92. The molecule has 0 spiro atoms. The highest BCUT2D eigenvalue weighted by Crippen LogP contribution is 2.42. The zero-order valence-corrected chi connectivity index (χ0v) is 17.7. The Morgan fingerprint density at radius 2 is 1.63 bits per heavy atom. The molecule has 1 saturated heterocycles. The summed E-state index contributed by atoms with van der Waals surface area (Å²) in [5.74, 6) is 1.15. The van der Waals surface area contributed by atoms with Crippen molar-refractivity contribution in [3.8, 4) is 0 Å². The molecule has 2 nitrogen and oxygen atoms in total. The molecule has 1 aliphatic carbocycles. The Kier molecular flexibility index (Phi) is 6.49. The van der Waals surface area contributed by atoms with Crippen molar-refractivity contribution in [1.29, 1.82) is 0 Å². The molecule has 0 bridgehead atoms. The van der Waals surface area contributed by atoms with Crippen LogP contribution in [0, 0.1) is 5.92 Å². The Hall–Kier alpha value is -1.85. The van der Waals surface area contributed by atoms with E-state index in [1.807, 2.05) is 11.9 Å². The lowest BCUT2D eigenvalue weighted by atomic mass is 9.71. The second-order valence-corrected chi connectivity index (χ2v) is 9.11. The second kappa shape index (κ2) is 9.11. The van der Waals surface area contributed by atoms with Crippen LogP contribution in [0.15, 0.2) is 48.5 Å². The van der Waals surface area contributed by atoms with Gasteiger partial charge < -0.3 is 4.90 Å². The van der Waals surface area contributed by atoms with Crippen LogP contribution in [0.4, 0.5) is 13.2 Å². The lowest BCUT2D eigenvalue weighted by Crippen LogP contribution is -2.33. The van der Waals surface area contributed by atoms with Crippen LogP contribution in [-0.2, 0) is 19.3 Å². The summed E-state index contributed by atoms with van der Waals surface area (Å²) in [6.45, 7) is 4.66. The van der Waals surface area contributed by atoms with Crippen LogP contribution in [0.3, 0.4) is 0 Å². The van der Waals surface area contributed by atoms with Gasteiger partial charge in [-0.1, -0.05) is 42.5 Å². The topological polar surface area (TPSA) is 6.48 Å². The van der Waals surface area contributed by atoms with E-state index >= 15 is 0 Å². The van der Waals surface area contributed by atoms with Gasteiger partial charge in [-0.05, 0) is 80.4 Å². The maximum Gasteiger partial charge on any atom is 0.416 e. The molecular weight excluding hydrogens is 385 g/mol. The van der Waals surface area contributed by atoms with Crippen molar-refractivity contribution in [1.82, 2.24) is 9.80 Å². The third-order valence-electron chi connectivity index (χ3n) is 6.62. The van der Waals surface area contributed by atoms with Gasteiger partial charge in [-0.15, -0.1) is 0 Å². The van der Waals surface area contributed by atoms with Gasteiger partial charge in [0.1, 0.15) is 0 Å². The standard InChI is InChI=1S/C25H31F3N2/c1-29(18-22-6-2-3-7-24(22)25(26,27)28)16-20-14-23(15-20)21-10-8-19(9-11-21)17-30-12-4-5-13-30/h2-3,6-11,20,23H,4-5,12-18H2,1H3. The maximum absolute atomic E-state index is 13.2. The zero-order valence-electron chi connectivity index (χ0n) is 17.7. The summed E-state index contributed by atoms with van der Waals surface area (Å²) >= 11 is 0. The maximum atomic E-state index is 13.2. The monoisotopic (exact) mass is 416 g/mol. The second-order valence-electron chi connectivity index (χ2n) is 9.11. The molecule has 2 fully saturated rings. The van der Waals surface area contributed by atoms with Crippen molar-refractivity contribution < 1.29 is 13.2 Å². The number of halogens is 3. The molecule has 0 atom stereocenters. The van der Waals surface area contributed by atoms with E-state index in [1.165, 1.54) is 49.2 Å². The Labute approximate surface area is 177 Å². The molecule has 1 saturated carbocycles. The molecule has 2 aliphatic rings. The highest BCUT2D eigenvalue weighted by atomic mass is 19.4. The molecule has 0 N–H and O–H groups in total. The lowest BCUT2D eigenvalue weighted by Gasteiger charge is -2.38. The Morgan fingerprint density at radius 3 is 2.30 bits per heavy atom. The Bertz CT molecular complexity index is 819. The average molecular weight is 417 g/mol. The Balaban J connectivity index is 1.25. The van der Waals surface area contributed by atoms with Gasteiger partial charge in [0.15, 0.2) is 0 Å². The van der Waals surface area contributed by atoms with Gasteiger partial charge in [0.05, 0.1) is 5.56 Å². The first-order chi connectivity index (χ1) is 14.4. The molecule has 2 aromatic rings. The van der Waals surface area contributed by atoms with E-state index in [-0.39, 0.29) is 0 Å². The van der Waals surface area contributed by atoms with Crippen LogP contribution in [0.25, 0.3) is 0 Å². The number of likely N-dealkylation sites (tertiary alicyclic amines) is 1. The number of alkyl halides is 3. The minimum atomic E-state index is -4.29. The van der Waals surface area contributed by atoms with Gasteiger partial charge in [-0.2, -0.15) is 13.2 Å². The fourth-order valence-electron chi connectivity index (χ4n) is 4.98. The van der Waals surface area contributed by atoms with Gasteiger partial charge in [0, 0.05) is 19.6 Å². The largest absolute Gasteiger partial charge is 0.416 e. The lowest BCUT2D eigenvalue weighted by molar-refractivity contribution is -0.138. The zero-order chi connectivity index (χ0) is 21.1. The molecule has 0 radical (unpaired) electrons. The predicted octanol–water partition coefficient (Wildman–Crippen LogP) is 5.93. The number of hydrogen-bond donors (Lipinski definition) is 0. The van der Waals surface area contributed by atoms with Gasteiger partial charge >= 0.3 is 6.18 Å². The molecule has 5 heteroatoms. The van der Waals surface area contributed by atoms with E-state index < -0.39 is 11.7 Å². The molecule has 1 aliphatic heterocycles. The van der Waals surface area contributed by atoms with Crippen LogP contribution < -0.4 is 0 Å². The number of benzene rings is 2. The number of hydrogen-bond acceptors (Lipinski definition) is 2.